The van der Waals surface area contributed by atoms with Crippen molar-refractivity contribution in [1.29, 1.82) is 0 Å². The third kappa shape index (κ3) is 3.20. The molecule has 0 fully saturated rings. The van der Waals surface area contributed by atoms with E-state index in [1.807, 2.05) is 24.3 Å². The molecule has 0 saturated carbocycles. The highest BCUT2D eigenvalue weighted by Crippen LogP contribution is 2.23. The minimum Gasteiger partial charge on any atom is -0.344 e. The molecule has 3 nitrogen and oxygen atoms in total. The van der Waals surface area contributed by atoms with Crippen LogP contribution in [-0.2, 0) is 0 Å². The van der Waals surface area contributed by atoms with Gasteiger partial charge in [-0.15, -0.1) is 0 Å². The van der Waals surface area contributed by atoms with E-state index < -0.39 is 0 Å². The number of benzene rings is 1. The average molecular weight is 423 g/mol. The van der Waals surface area contributed by atoms with Crippen molar-refractivity contribution in [2.45, 2.75) is 0 Å². The number of aromatic amines is 1. The Kier molecular flexibility index (Phi) is 4.06. The molecule has 0 aliphatic heterocycles. The van der Waals surface area contributed by atoms with Crippen molar-refractivity contribution in [3.8, 4) is 0 Å². The number of amides is 1. The van der Waals surface area contributed by atoms with E-state index in [1.54, 1.807) is 6.07 Å². The van der Waals surface area contributed by atoms with E-state index in [-0.39, 0.29) is 5.91 Å². The number of rotatable bonds is 2. The zero-order valence-corrected chi connectivity index (χ0v) is 13.2. The Bertz CT molecular complexity index is 529. The molecule has 0 unspecified atom stereocenters. The van der Waals surface area contributed by atoms with E-state index in [0.717, 1.165) is 19.2 Å². The molecule has 88 valence electrons. The predicted molar refractivity (Wildman–Crippen MR) is 78.3 cm³/mol. The van der Waals surface area contributed by atoms with Crippen molar-refractivity contribution in [3.63, 3.8) is 0 Å². The van der Waals surface area contributed by atoms with E-state index in [9.17, 15) is 4.79 Å². The summed E-state index contributed by atoms with van der Waals surface area (Å²) in [5.41, 5.74) is 1.24. The molecule has 1 aromatic heterocycles. The third-order valence-corrected chi connectivity index (χ3v) is 4.38. The van der Waals surface area contributed by atoms with Gasteiger partial charge in [-0.3, -0.25) is 4.79 Å². The summed E-state index contributed by atoms with van der Waals surface area (Å²) in [5.74, 6) is -0.182. The van der Waals surface area contributed by atoms with Crippen LogP contribution in [0.25, 0.3) is 0 Å². The molecule has 0 bridgehead atoms. The topological polar surface area (TPSA) is 44.9 Å². The first-order chi connectivity index (χ1) is 8.06. The molecule has 1 amide bonds. The van der Waals surface area contributed by atoms with E-state index >= 15 is 0 Å². The number of aromatic nitrogens is 1. The molecule has 2 aromatic rings. The highest BCUT2D eigenvalue weighted by molar-refractivity contribution is 9.13. The summed E-state index contributed by atoms with van der Waals surface area (Å²) in [6, 6.07) is 9.12. The Balaban J connectivity index is 2.14. The molecule has 17 heavy (non-hydrogen) atoms. The summed E-state index contributed by atoms with van der Waals surface area (Å²) >= 11 is 9.94. The van der Waals surface area contributed by atoms with E-state index in [2.05, 4.69) is 58.1 Å². The molecule has 0 aliphatic rings. The van der Waals surface area contributed by atoms with Gasteiger partial charge in [0.2, 0.25) is 0 Å². The van der Waals surface area contributed by atoms with Crippen LogP contribution in [0.3, 0.4) is 0 Å². The average Bonchev–Trinajstić information content (AvgIpc) is 2.63. The van der Waals surface area contributed by atoms with Crippen LogP contribution < -0.4 is 5.32 Å². The van der Waals surface area contributed by atoms with Gasteiger partial charge in [0.25, 0.3) is 5.91 Å². The van der Waals surface area contributed by atoms with Gasteiger partial charge in [-0.25, -0.2) is 0 Å². The SMILES string of the molecule is O=C(Nc1ccc(Br)cc1)c1cc(Br)c(Br)[nH]1. The minimum atomic E-state index is -0.182. The zero-order chi connectivity index (χ0) is 12.4. The van der Waals surface area contributed by atoms with Crippen LogP contribution in [0.4, 0.5) is 5.69 Å². The largest absolute Gasteiger partial charge is 0.344 e. The smallest absolute Gasteiger partial charge is 0.272 e. The van der Waals surface area contributed by atoms with Gasteiger partial charge in [-0.05, 0) is 62.2 Å². The summed E-state index contributed by atoms with van der Waals surface area (Å²) in [6.45, 7) is 0. The summed E-state index contributed by atoms with van der Waals surface area (Å²) in [7, 11) is 0. The Morgan fingerprint density at radius 3 is 2.29 bits per heavy atom. The fraction of sp³-hybridized carbons (Fsp3) is 0. The normalized spacial score (nSPS) is 10.3. The lowest BCUT2D eigenvalue weighted by Crippen LogP contribution is -2.12. The van der Waals surface area contributed by atoms with Crippen molar-refractivity contribution >= 4 is 59.4 Å². The fourth-order valence-electron chi connectivity index (χ4n) is 1.26. The monoisotopic (exact) mass is 420 g/mol. The number of H-pyrrole nitrogens is 1. The maximum absolute atomic E-state index is 11.9. The molecular formula is C11H7Br3N2O. The van der Waals surface area contributed by atoms with Crippen LogP contribution in [0.5, 0.6) is 0 Å². The molecule has 0 aliphatic carbocycles. The Hall–Kier alpha value is -0.590. The van der Waals surface area contributed by atoms with Crippen LogP contribution in [-0.4, -0.2) is 10.9 Å². The summed E-state index contributed by atoms with van der Waals surface area (Å²) in [6.07, 6.45) is 0. The molecule has 2 N–H and O–H groups in total. The first-order valence-corrected chi connectivity index (χ1v) is 7.05. The zero-order valence-electron chi connectivity index (χ0n) is 8.43. The second-order valence-corrected chi connectivity index (χ2v) is 5.87. The van der Waals surface area contributed by atoms with Crippen molar-refractivity contribution in [3.05, 3.63) is 49.6 Å². The summed E-state index contributed by atoms with van der Waals surface area (Å²) in [5, 5.41) is 2.79. The lowest BCUT2D eigenvalue weighted by molar-refractivity contribution is 0.102. The van der Waals surface area contributed by atoms with E-state index in [1.165, 1.54) is 0 Å². The third-order valence-electron chi connectivity index (χ3n) is 2.07. The van der Waals surface area contributed by atoms with Gasteiger partial charge in [-0.1, -0.05) is 15.9 Å². The first-order valence-electron chi connectivity index (χ1n) is 4.67. The summed E-state index contributed by atoms with van der Waals surface area (Å²) in [4.78, 5) is 14.8. The van der Waals surface area contributed by atoms with Crippen molar-refractivity contribution in [2.24, 2.45) is 0 Å². The van der Waals surface area contributed by atoms with Gasteiger partial charge in [0.15, 0.2) is 0 Å². The van der Waals surface area contributed by atoms with Gasteiger partial charge in [0.1, 0.15) is 5.69 Å². The number of nitrogens with one attached hydrogen (secondary N) is 2. The predicted octanol–water partition coefficient (Wildman–Crippen LogP) is 4.55. The summed E-state index contributed by atoms with van der Waals surface area (Å²) < 4.78 is 2.54. The highest BCUT2D eigenvalue weighted by Gasteiger charge is 2.11. The lowest BCUT2D eigenvalue weighted by Gasteiger charge is -2.03. The Morgan fingerprint density at radius 1 is 1.12 bits per heavy atom. The van der Waals surface area contributed by atoms with E-state index in [0.29, 0.717) is 5.69 Å². The molecule has 0 saturated heterocycles. The van der Waals surface area contributed by atoms with Crippen molar-refractivity contribution < 1.29 is 4.79 Å². The number of hydrogen-bond donors (Lipinski definition) is 2. The number of anilines is 1. The second-order valence-electron chi connectivity index (χ2n) is 3.31. The van der Waals surface area contributed by atoms with Crippen LogP contribution in [0.15, 0.2) is 43.9 Å². The van der Waals surface area contributed by atoms with Crippen molar-refractivity contribution in [2.75, 3.05) is 5.32 Å². The molecule has 0 spiro atoms. The van der Waals surface area contributed by atoms with Gasteiger partial charge < -0.3 is 10.3 Å². The van der Waals surface area contributed by atoms with Crippen LogP contribution >= 0.6 is 47.8 Å². The van der Waals surface area contributed by atoms with Crippen LogP contribution in [0.2, 0.25) is 0 Å². The van der Waals surface area contributed by atoms with Crippen LogP contribution in [0.1, 0.15) is 10.5 Å². The Labute approximate surface area is 123 Å². The molecule has 1 aromatic carbocycles. The van der Waals surface area contributed by atoms with Gasteiger partial charge in [-0.2, -0.15) is 0 Å². The number of carbonyl (C=O) groups is 1. The van der Waals surface area contributed by atoms with Gasteiger partial charge in [0, 0.05) is 10.2 Å². The maximum Gasteiger partial charge on any atom is 0.272 e. The number of carbonyl (C=O) groups excluding carboxylic acids is 1. The maximum atomic E-state index is 11.9. The van der Waals surface area contributed by atoms with Gasteiger partial charge in [0.05, 0.1) is 9.08 Å². The quantitative estimate of drug-likeness (QED) is 0.732. The van der Waals surface area contributed by atoms with Crippen LogP contribution in [0, 0.1) is 0 Å². The number of hydrogen-bond acceptors (Lipinski definition) is 1. The molecule has 0 atom stereocenters. The fourth-order valence-corrected chi connectivity index (χ4v) is 2.18. The minimum absolute atomic E-state index is 0.182. The van der Waals surface area contributed by atoms with Crippen molar-refractivity contribution in [1.82, 2.24) is 4.98 Å². The first kappa shape index (κ1) is 12.9. The molecule has 6 heteroatoms. The molecular weight excluding hydrogens is 416 g/mol. The molecule has 1 heterocycles. The lowest BCUT2D eigenvalue weighted by atomic mass is 10.3. The Morgan fingerprint density at radius 2 is 1.76 bits per heavy atom. The standard InChI is InChI=1S/C11H7Br3N2O/c12-6-1-3-7(4-2-6)15-11(17)9-5-8(13)10(14)16-9/h1-5,16H,(H,15,17). The van der Waals surface area contributed by atoms with E-state index in [4.69, 9.17) is 0 Å². The number of halogens is 3. The molecule has 2 rings (SSSR count). The highest BCUT2D eigenvalue weighted by atomic mass is 79.9. The second kappa shape index (κ2) is 5.37. The molecule has 0 radical (unpaired) electrons. The van der Waals surface area contributed by atoms with Gasteiger partial charge >= 0.3 is 0 Å².